The van der Waals surface area contributed by atoms with Gasteiger partial charge in [-0.1, -0.05) is 66.7 Å². The number of carboxylic acid groups (broad SMARTS) is 1. The summed E-state index contributed by atoms with van der Waals surface area (Å²) in [6.07, 6.45) is 1.45. The maximum absolute atomic E-state index is 12.0. The minimum absolute atomic E-state index is 0.0440. The molecule has 0 aliphatic heterocycles. The Hall–Kier alpha value is -2.92. The van der Waals surface area contributed by atoms with E-state index in [4.69, 9.17) is 4.74 Å². The van der Waals surface area contributed by atoms with Gasteiger partial charge >= 0.3 is 11.9 Å². The molecule has 5 nitrogen and oxygen atoms in total. The quantitative estimate of drug-likeness (QED) is 0.496. The second-order valence-electron chi connectivity index (χ2n) is 6.15. The Morgan fingerprint density at radius 2 is 1.59 bits per heavy atom. The molecule has 0 bridgehead atoms. The number of nitrogens with one attached hydrogen (secondary N) is 1. The molecule has 0 saturated carbocycles. The van der Waals surface area contributed by atoms with Gasteiger partial charge in [-0.2, -0.15) is 0 Å². The van der Waals surface area contributed by atoms with Gasteiger partial charge in [-0.25, -0.2) is 0 Å². The second-order valence-corrected chi connectivity index (χ2v) is 6.15. The number of rotatable bonds is 10. The summed E-state index contributed by atoms with van der Waals surface area (Å²) in [7, 11) is 0. The van der Waals surface area contributed by atoms with Crippen molar-refractivity contribution in [2.45, 2.75) is 25.4 Å². The first-order chi connectivity index (χ1) is 13.1. The van der Waals surface area contributed by atoms with Crippen LogP contribution >= 0.6 is 0 Å². The number of carbonyl (C=O) groups is 2. The molecule has 0 radical (unpaired) electrons. The molecular formula is C22H25NO4. The number of hydrogen-bond acceptors (Lipinski definition) is 4. The van der Waals surface area contributed by atoms with Crippen LogP contribution in [0.5, 0.6) is 0 Å². The molecule has 5 heteroatoms. The molecule has 0 unspecified atom stereocenters. The molecule has 2 atom stereocenters. The summed E-state index contributed by atoms with van der Waals surface area (Å²) >= 11 is 0. The Labute approximate surface area is 159 Å². The minimum atomic E-state index is -1.04. The monoisotopic (exact) mass is 367 g/mol. The van der Waals surface area contributed by atoms with Crippen molar-refractivity contribution in [3.8, 4) is 0 Å². The Balaban J connectivity index is 2.32. The number of carboxylic acids is 1. The van der Waals surface area contributed by atoms with E-state index in [9.17, 15) is 14.7 Å². The molecule has 0 saturated heterocycles. The van der Waals surface area contributed by atoms with Crippen LogP contribution in [-0.4, -0.2) is 29.7 Å². The van der Waals surface area contributed by atoms with Crippen molar-refractivity contribution in [3.63, 3.8) is 0 Å². The second kappa shape index (κ2) is 10.3. The molecule has 0 aliphatic carbocycles. The van der Waals surface area contributed by atoms with Gasteiger partial charge in [0.25, 0.3) is 0 Å². The molecular weight excluding hydrogens is 342 g/mol. The summed E-state index contributed by atoms with van der Waals surface area (Å²) in [5, 5.41) is 13.0. The fourth-order valence-corrected chi connectivity index (χ4v) is 2.98. The van der Waals surface area contributed by atoms with Gasteiger partial charge in [-0.05, 0) is 18.1 Å². The highest BCUT2D eigenvalue weighted by Crippen LogP contribution is 2.25. The molecule has 142 valence electrons. The molecule has 27 heavy (non-hydrogen) atoms. The van der Waals surface area contributed by atoms with Crippen LogP contribution in [0.2, 0.25) is 0 Å². The van der Waals surface area contributed by atoms with Crippen LogP contribution in [0.25, 0.3) is 0 Å². The summed E-state index contributed by atoms with van der Waals surface area (Å²) in [4.78, 5) is 23.8. The van der Waals surface area contributed by atoms with Crippen molar-refractivity contribution in [2.75, 3.05) is 6.61 Å². The largest absolute Gasteiger partial charge is 0.480 e. The van der Waals surface area contributed by atoms with Crippen LogP contribution in [0.3, 0.4) is 0 Å². The third-order valence-corrected chi connectivity index (χ3v) is 4.32. The zero-order valence-electron chi connectivity index (χ0n) is 15.4. The van der Waals surface area contributed by atoms with Crippen molar-refractivity contribution in [1.82, 2.24) is 5.32 Å². The SMILES string of the molecule is C=C[C@@H](CC(=O)OCC)[C@@H](NC(c1ccccc1)c1ccccc1)C(=O)O. The lowest BCUT2D eigenvalue weighted by atomic mass is 9.92. The van der Waals surface area contributed by atoms with Gasteiger partial charge in [0.05, 0.1) is 19.1 Å². The molecule has 0 fully saturated rings. The van der Waals surface area contributed by atoms with Crippen LogP contribution in [-0.2, 0) is 14.3 Å². The van der Waals surface area contributed by atoms with Gasteiger partial charge in [0.1, 0.15) is 6.04 Å². The predicted molar refractivity (Wildman–Crippen MR) is 104 cm³/mol. The first-order valence-corrected chi connectivity index (χ1v) is 8.93. The highest BCUT2D eigenvalue weighted by Gasteiger charge is 2.31. The van der Waals surface area contributed by atoms with Gasteiger partial charge in [-0.3, -0.25) is 14.9 Å². The van der Waals surface area contributed by atoms with E-state index in [-0.39, 0.29) is 19.1 Å². The number of benzene rings is 2. The fraction of sp³-hybridized carbons (Fsp3) is 0.273. The van der Waals surface area contributed by atoms with Gasteiger partial charge in [0.2, 0.25) is 0 Å². The van der Waals surface area contributed by atoms with Crippen LogP contribution < -0.4 is 5.32 Å². The third-order valence-electron chi connectivity index (χ3n) is 4.32. The lowest BCUT2D eigenvalue weighted by molar-refractivity contribution is -0.145. The van der Waals surface area contributed by atoms with Gasteiger partial charge in [0, 0.05) is 5.92 Å². The molecule has 0 amide bonds. The summed E-state index contributed by atoms with van der Waals surface area (Å²) < 4.78 is 4.97. The number of ether oxygens (including phenoxy) is 1. The summed E-state index contributed by atoms with van der Waals surface area (Å²) in [5.74, 6) is -2.08. The molecule has 0 aromatic heterocycles. The normalized spacial score (nSPS) is 13.0. The zero-order chi connectivity index (χ0) is 19.6. The number of hydrogen-bond donors (Lipinski definition) is 2. The van der Waals surface area contributed by atoms with Crippen molar-refractivity contribution >= 4 is 11.9 Å². The molecule has 2 N–H and O–H groups in total. The van der Waals surface area contributed by atoms with Crippen molar-refractivity contribution in [2.24, 2.45) is 5.92 Å². The zero-order valence-corrected chi connectivity index (χ0v) is 15.4. The van der Waals surface area contributed by atoms with Gasteiger partial charge in [-0.15, -0.1) is 6.58 Å². The lowest BCUT2D eigenvalue weighted by Crippen LogP contribution is -2.45. The van der Waals surface area contributed by atoms with Gasteiger partial charge < -0.3 is 9.84 Å². The van der Waals surface area contributed by atoms with Gasteiger partial charge in [0.15, 0.2) is 0 Å². The third kappa shape index (κ3) is 5.79. The highest BCUT2D eigenvalue weighted by atomic mass is 16.5. The van der Waals surface area contributed by atoms with Crippen LogP contribution in [0.1, 0.15) is 30.5 Å². The van der Waals surface area contributed by atoms with E-state index in [1.165, 1.54) is 6.08 Å². The Morgan fingerprint density at radius 1 is 1.07 bits per heavy atom. The molecule has 2 rings (SSSR count). The first kappa shape index (κ1) is 20.4. The van der Waals surface area contributed by atoms with Crippen LogP contribution in [0.4, 0.5) is 0 Å². The van der Waals surface area contributed by atoms with E-state index >= 15 is 0 Å². The first-order valence-electron chi connectivity index (χ1n) is 8.93. The van der Waals surface area contributed by atoms with E-state index in [0.717, 1.165) is 11.1 Å². The Bertz CT molecular complexity index is 706. The van der Waals surface area contributed by atoms with Crippen molar-refractivity contribution < 1.29 is 19.4 Å². The number of aliphatic carboxylic acids is 1. The smallest absolute Gasteiger partial charge is 0.321 e. The summed E-state index contributed by atoms with van der Waals surface area (Å²) in [6, 6.07) is 17.9. The molecule has 2 aromatic carbocycles. The fourth-order valence-electron chi connectivity index (χ4n) is 2.98. The summed E-state index contributed by atoms with van der Waals surface area (Å²) in [6.45, 7) is 5.69. The molecule has 2 aromatic rings. The maximum Gasteiger partial charge on any atom is 0.321 e. The standard InChI is InChI=1S/C22H25NO4/c1-3-16(15-19(24)27-4-2)21(22(25)26)23-20(17-11-7-5-8-12-17)18-13-9-6-10-14-18/h3,5-14,16,20-21,23H,1,4,15H2,2H3,(H,25,26)/t16-,21+/m0/s1. The van der Waals surface area contributed by atoms with E-state index < -0.39 is 23.9 Å². The van der Waals surface area contributed by atoms with E-state index in [0.29, 0.717) is 0 Å². The molecule has 0 heterocycles. The maximum atomic E-state index is 12.0. The van der Waals surface area contributed by atoms with Crippen LogP contribution in [0, 0.1) is 5.92 Å². The topological polar surface area (TPSA) is 75.6 Å². The lowest BCUT2D eigenvalue weighted by Gasteiger charge is -2.28. The highest BCUT2D eigenvalue weighted by molar-refractivity contribution is 5.77. The predicted octanol–water partition coefficient (Wildman–Crippen LogP) is 3.57. The average molecular weight is 367 g/mol. The Morgan fingerprint density at radius 3 is 2.00 bits per heavy atom. The minimum Gasteiger partial charge on any atom is -0.480 e. The summed E-state index contributed by atoms with van der Waals surface area (Å²) in [5.41, 5.74) is 1.88. The number of esters is 1. The van der Waals surface area contributed by atoms with E-state index in [2.05, 4.69) is 11.9 Å². The molecule has 0 aliphatic rings. The van der Waals surface area contributed by atoms with Crippen molar-refractivity contribution in [3.05, 3.63) is 84.4 Å². The number of carbonyl (C=O) groups excluding carboxylic acids is 1. The Kier molecular flexibility index (Phi) is 7.77. The average Bonchev–Trinajstić information content (AvgIpc) is 2.68. The molecule has 0 spiro atoms. The van der Waals surface area contributed by atoms with E-state index in [1.54, 1.807) is 6.92 Å². The van der Waals surface area contributed by atoms with E-state index in [1.807, 2.05) is 60.7 Å². The van der Waals surface area contributed by atoms with Crippen molar-refractivity contribution in [1.29, 1.82) is 0 Å². The van der Waals surface area contributed by atoms with Crippen LogP contribution in [0.15, 0.2) is 73.3 Å².